The monoisotopic (exact) mass is 488 g/mol. The van der Waals surface area contributed by atoms with Crippen molar-refractivity contribution in [1.29, 1.82) is 0 Å². The maximum atomic E-state index is 13.0. The highest BCUT2D eigenvalue weighted by Gasteiger charge is 2.22. The molecule has 0 unspecified atom stereocenters. The molecule has 10 heteroatoms. The summed E-state index contributed by atoms with van der Waals surface area (Å²) >= 11 is 5.39. The minimum absolute atomic E-state index is 0.213. The second kappa shape index (κ2) is 10.1. The van der Waals surface area contributed by atoms with Crippen molar-refractivity contribution in [3.8, 4) is 11.4 Å². The summed E-state index contributed by atoms with van der Waals surface area (Å²) in [5, 5.41) is 11.7. The Balaban J connectivity index is 2.01. The lowest BCUT2D eigenvalue weighted by Gasteiger charge is -2.18. The molecule has 0 aliphatic carbocycles. The fourth-order valence-electron chi connectivity index (χ4n) is 3.82. The predicted molar refractivity (Wildman–Crippen MR) is 135 cm³/mol. The summed E-state index contributed by atoms with van der Waals surface area (Å²) in [5.74, 6) is 0.984. The van der Waals surface area contributed by atoms with Gasteiger partial charge < -0.3 is 4.57 Å². The first-order valence-corrected chi connectivity index (χ1v) is 12.9. The van der Waals surface area contributed by atoms with Crippen LogP contribution in [0.5, 0.6) is 0 Å². The smallest absolute Gasteiger partial charge is 0.243 e. The maximum absolute atomic E-state index is 13.0. The van der Waals surface area contributed by atoms with Crippen molar-refractivity contribution in [2.75, 3.05) is 13.1 Å². The van der Waals surface area contributed by atoms with Crippen LogP contribution in [0.25, 0.3) is 11.4 Å². The van der Waals surface area contributed by atoms with Crippen LogP contribution in [0, 0.1) is 24.5 Å². The van der Waals surface area contributed by atoms with Crippen molar-refractivity contribution >= 4 is 28.5 Å². The molecule has 33 heavy (non-hydrogen) atoms. The third-order valence-corrected chi connectivity index (χ3v) is 7.87. The van der Waals surface area contributed by atoms with E-state index >= 15 is 0 Å². The number of sulfonamides is 1. The third kappa shape index (κ3) is 5.18. The van der Waals surface area contributed by atoms with E-state index in [-0.39, 0.29) is 4.90 Å². The Hall–Kier alpha value is -2.56. The molecule has 8 nitrogen and oxygen atoms in total. The number of aromatic nitrogens is 4. The molecule has 2 heterocycles. The zero-order valence-corrected chi connectivity index (χ0v) is 21.7. The van der Waals surface area contributed by atoms with Crippen molar-refractivity contribution in [2.24, 2.45) is 11.0 Å². The molecule has 0 amide bonds. The molecule has 0 fully saturated rings. The Kier molecular flexibility index (Phi) is 7.71. The normalized spacial score (nSPS) is 12.5. The van der Waals surface area contributed by atoms with Gasteiger partial charge in [-0.05, 0) is 50.2 Å². The largest absolute Gasteiger partial charge is 0.348 e. The standard InChI is InChI=1S/C23H32N6O2S2/c1-7-27(8-2)33(30,31)21-11-9-10-19(13-21)22-25-26-23(32)29(22)24-14-20-12-17(5)28(18(20)6)15-16(3)4/h9-14,16H,7-8,15H2,1-6H3,(H,26,32)/b24-14+. The first-order chi connectivity index (χ1) is 15.6. The van der Waals surface area contributed by atoms with E-state index in [9.17, 15) is 8.42 Å². The van der Waals surface area contributed by atoms with Gasteiger partial charge in [-0.2, -0.15) is 19.2 Å². The number of aromatic amines is 1. The van der Waals surface area contributed by atoms with Crippen LogP contribution >= 0.6 is 12.2 Å². The quantitative estimate of drug-likeness (QED) is 0.352. The van der Waals surface area contributed by atoms with Gasteiger partial charge in [0.05, 0.1) is 11.1 Å². The van der Waals surface area contributed by atoms with Gasteiger partial charge in [-0.25, -0.2) is 13.5 Å². The summed E-state index contributed by atoms with van der Waals surface area (Å²) in [6.45, 7) is 13.9. The van der Waals surface area contributed by atoms with Crippen LogP contribution in [0.4, 0.5) is 0 Å². The molecule has 0 atom stereocenters. The summed E-state index contributed by atoms with van der Waals surface area (Å²) in [6.07, 6.45) is 1.77. The van der Waals surface area contributed by atoms with E-state index in [0.717, 1.165) is 17.8 Å². The molecule has 0 saturated carbocycles. The number of nitrogens with zero attached hydrogens (tertiary/aromatic N) is 5. The van der Waals surface area contributed by atoms with Gasteiger partial charge in [0.15, 0.2) is 5.82 Å². The highest BCUT2D eigenvalue weighted by atomic mass is 32.2. The first-order valence-electron chi connectivity index (χ1n) is 11.1. The Bertz CT molecular complexity index is 1310. The fraction of sp³-hybridized carbons (Fsp3) is 0.435. The van der Waals surface area contributed by atoms with Crippen LogP contribution < -0.4 is 0 Å². The number of rotatable bonds is 9. The number of aryl methyl sites for hydroxylation is 1. The molecule has 3 aromatic rings. The summed E-state index contributed by atoms with van der Waals surface area (Å²) in [6, 6.07) is 8.81. The Morgan fingerprint density at radius 3 is 2.55 bits per heavy atom. The van der Waals surface area contributed by atoms with Crippen LogP contribution in [-0.2, 0) is 16.6 Å². The van der Waals surface area contributed by atoms with E-state index in [2.05, 4.69) is 53.6 Å². The highest BCUT2D eigenvalue weighted by Crippen LogP contribution is 2.24. The second-order valence-corrected chi connectivity index (χ2v) is 10.7. The van der Waals surface area contributed by atoms with E-state index in [0.29, 0.717) is 35.2 Å². The van der Waals surface area contributed by atoms with Crippen LogP contribution in [0.3, 0.4) is 0 Å². The number of hydrogen-bond acceptors (Lipinski definition) is 5. The molecular formula is C23H32N6O2S2. The minimum Gasteiger partial charge on any atom is -0.348 e. The molecule has 1 aromatic carbocycles. The molecule has 178 valence electrons. The van der Waals surface area contributed by atoms with Crippen molar-refractivity contribution in [3.05, 3.63) is 52.1 Å². The van der Waals surface area contributed by atoms with E-state index in [1.165, 1.54) is 14.7 Å². The Labute approximate surface area is 201 Å². The number of benzene rings is 1. The molecule has 0 radical (unpaired) electrons. The summed E-state index contributed by atoms with van der Waals surface area (Å²) in [7, 11) is -3.59. The SMILES string of the molecule is CCN(CC)S(=O)(=O)c1cccc(-c2n[nH]c(=S)n2/N=C/c2cc(C)n(CC(C)C)c2C)c1. The Morgan fingerprint density at radius 2 is 1.91 bits per heavy atom. The van der Waals surface area contributed by atoms with Gasteiger partial charge in [-0.3, -0.25) is 0 Å². The van der Waals surface area contributed by atoms with Crippen molar-refractivity contribution in [2.45, 2.75) is 53.0 Å². The fourth-order valence-corrected chi connectivity index (χ4v) is 5.50. The maximum Gasteiger partial charge on any atom is 0.243 e. The van der Waals surface area contributed by atoms with Crippen LogP contribution in [0.1, 0.15) is 44.6 Å². The first kappa shape index (κ1) is 25.1. The minimum atomic E-state index is -3.59. The lowest BCUT2D eigenvalue weighted by atomic mass is 10.2. The van der Waals surface area contributed by atoms with E-state index in [4.69, 9.17) is 12.2 Å². The molecular weight excluding hydrogens is 456 g/mol. The van der Waals surface area contributed by atoms with Crippen molar-refractivity contribution < 1.29 is 8.42 Å². The molecule has 0 aliphatic heterocycles. The van der Waals surface area contributed by atoms with Gasteiger partial charge in [0, 0.05) is 42.1 Å². The van der Waals surface area contributed by atoms with Gasteiger partial charge in [0.25, 0.3) is 0 Å². The lowest BCUT2D eigenvalue weighted by Crippen LogP contribution is -2.30. The van der Waals surface area contributed by atoms with E-state index in [1.54, 1.807) is 30.5 Å². The molecule has 2 aromatic heterocycles. The predicted octanol–water partition coefficient (Wildman–Crippen LogP) is 4.59. The highest BCUT2D eigenvalue weighted by molar-refractivity contribution is 7.89. The van der Waals surface area contributed by atoms with Gasteiger partial charge >= 0.3 is 0 Å². The van der Waals surface area contributed by atoms with Gasteiger partial charge in [-0.15, -0.1) is 0 Å². The zero-order chi connectivity index (χ0) is 24.3. The number of H-pyrrole nitrogens is 1. The number of nitrogens with one attached hydrogen (secondary N) is 1. The lowest BCUT2D eigenvalue weighted by molar-refractivity contribution is 0.445. The van der Waals surface area contributed by atoms with Crippen LogP contribution in [0.15, 0.2) is 40.3 Å². The second-order valence-electron chi connectivity index (χ2n) is 8.36. The molecule has 0 spiro atoms. The average Bonchev–Trinajstić information content (AvgIpc) is 3.26. The molecule has 1 N–H and O–H groups in total. The van der Waals surface area contributed by atoms with Gasteiger partial charge in [0.1, 0.15) is 0 Å². The van der Waals surface area contributed by atoms with Crippen LogP contribution in [-0.4, -0.2) is 51.5 Å². The van der Waals surface area contributed by atoms with Crippen LogP contribution in [0.2, 0.25) is 0 Å². The molecule has 3 rings (SSSR count). The molecule has 0 saturated heterocycles. The summed E-state index contributed by atoms with van der Waals surface area (Å²) in [5.41, 5.74) is 3.92. The van der Waals surface area contributed by atoms with Crippen molar-refractivity contribution in [1.82, 2.24) is 23.7 Å². The molecule has 0 bridgehead atoms. The molecule has 0 aliphatic rings. The summed E-state index contributed by atoms with van der Waals surface area (Å²) in [4.78, 5) is 0.213. The topological polar surface area (TPSA) is 88.3 Å². The zero-order valence-electron chi connectivity index (χ0n) is 20.0. The average molecular weight is 489 g/mol. The summed E-state index contributed by atoms with van der Waals surface area (Å²) < 4.78 is 31.5. The third-order valence-electron chi connectivity index (χ3n) is 5.56. The van der Waals surface area contributed by atoms with E-state index < -0.39 is 10.0 Å². The Morgan fingerprint density at radius 1 is 1.21 bits per heavy atom. The van der Waals surface area contributed by atoms with Crippen molar-refractivity contribution in [3.63, 3.8) is 0 Å². The van der Waals surface area contributed by atoms with Gasteiger partial charge in [-0.1, -0.05) is 39.8 Å². The van der Waals surface area contributed by atoms with E-state index in [1.807, 2.05) is 13.8 Å². The van der Waals surface area contributed by atoms with Gasteiger partial charge in [0.2, 0.25) is 14.8 Å². The number of hydrogen-bond donors (Lipinski definition) is 1.